The van der Waals surface area contributed by atoms with Gasteiger partial charge in [-0.3, -0.25) is 0 Å². The average molecular weight is 622 g/mol. The van der Waals surface area contributed by atoms with E-state index in [4.69, 9.17) is 11.6 Å². The van der Waals surface area contributed by atoms with Crippen LogP contribution in [0, 0.1) is 0 Å². The second-order valence-electron chi connectivity index (χ2n) is 8.89. The number of hydrogen-bond donors (Lipinski definition) is 4. The third-order valence-corrected chi connectivity index (χ3v) is 6.15. The lowest BCUT2D eigenvalue weighted by Gasteiger charge is -2.32. The Kier molecular flexibility index (Phi) is 12.2. The van der Waals surface area contributed by atoms with Gasteiger partial charge in [0.1, 0.15) is 0 Å². The molecule has 0 spiro atoms. The molecule has 0 aliphatic rings. The number of aryl methyl sites for hydroxylation is 1. The number of nitrogens with one attached hydrogen (secondary N) is 3. The van der Waals surface area contributed by atoms with Gasteiger partial charge in [0.2, 0.25) is 0 Å². The normalized spacial score (nSPS) is 12.2. The summed E-state index contributed by atoms with van der Waals surface area (Å²) in [5.41, 5.74) is 3.11. The molecule has 0 aliphatic carbocycles. The highest BCUT2D eigenvalue weighted by Gasteiger charge is 2.24. The van der Waals surface area contributed by atoms with E-state index in [1.54, 1.807) is 12.1 Å². The second kappa shape index (κ2) is 14.8. The van der Waals surface area contributed by atoms with Crippen LogP contribution in [0.25, 0.3) is 0 Å². The molecule has 1 atom stereocenters. The lowest BCUT2D eigenvalue weighted by Crippen LogP contribution is -2.46. The van der Waals surface area contributed by atoms with Gasteiger partial charge in [0.25, 0.3) is 0 Å². The molecule has 0 aromatic heterocycles. The molecule has 1 unspecified atom stereocenters. The van der Waals surface area contributed by atoms with E-state index in [2.05, 4.69) is 22.9 Å². The van der Waals surface area contributed by atoms with E-state index < -0.39 is 5.97 Å². The Labute approximate surface area is 234 Å². The summed E-state index contributed by atoms with van der Waals surface area (Å²) < 4.78 is 0. The highest BCUT2D eigenvalue weighted by molar-refractivity contribution is 14.0. The van der Waals surface area contributed by atoms with Gasteiger partial charge >= 0.3 is 12.0 Å². The average Bonchev–Trinajstić information content (AvgIpc) is 2.84. The first-order valence-electron chi connectivity index (χ1n) is 11.7. The van der Waals surface area contributed by atoms with Crippen molar-refractivity contribution in [3.8, 4) is 0 Å². The quantitative estimate of drug-likeness (QED) is 0.139. The largest absolute Gasteiger partial charge is 0.478 e. The zero-order valence-corrected chi connectivity index (χ0v) is 23.4. The Bertz CT molecular complexity index is 1100. The van der Waals surface area contributed by atoms with Crippen molar-refractivity contribution in [2.75, 3.05) is 18.4 Å². The van der Waals surface area contributed by atoms with E-state index in [1.165, 1.54) is 5.56 Å². The molecule has 0 fully saturated rings. The molecule has 3 rings (SSSR count). The molecule has 2 amide bonds. The summed E-state index contributed by atoms with van der Waals surface area (Å²) in [6.07, 6.45) is 3.29. The van der Waals surface area contributed by atoms with Crippen LogP contribution >= 0.6 is 35.6 Å². The number of carbonyl (C=O) groups is 2. The smallest absolute Gasteiger partial charge is 0.335 e. The van der Waals surface area contributed by atoms with Crippen molar-refractivity contribution < 1.29 is 14.7 Å². The van der Waals surface area contributed by atoms with Crippen LogP contribution in [-0.4, -0.2) is 35.7 Å². The molecule has 0 saturated carbocycles. The van der Waals surface area contributed by atoms with Gasteiger partial charge in [0.05, 0.1) is 5.56 Å². The van der Waals surface area contributed by atoms with Gasteiger partial charge in [-0.05, 0) is 86.7 Å². The van der Waals surface area contributed by atoms with Gasteiger partial charge < -0.3 is 21.1 Å². The van der Waals surface area contributed by atoms with E-state index >= 15 is 0 Å². The molecule has 0 radical (unpaired) electrons. The first-order valence-corrected chi connectivity index (χ1v) is 12.1. The van der Waals surface area contributed by atoms with E-state index in [9.17, 15) is 14.7 Å². The van der Waals surface area contributed by atoms with Gasteiger partial charge in [0.15, 0.2) is 0 Å². The Morgan fingerprint density at radius 2 is 1.53 bits per heavy atom. The minimum atomic E-state index is -0.927. The van der Waals surface area contributed by atoms with Crippen LogP contribution in [0.1, 0.15) is 41.3 Å². The minimum absolute atomic E-state index is 0. The van der Waals surface area contributed by atoms with Gasteiger partial charge in [-0.2, -0.15) is 0 Å². The number of benzene rings is 3. The molecule has 0 bridgehead atoms. The molecular formula is C28H33ClIN3O3. The van der Waals surface area contributed by atoms with E-state index in [0.29, 0.717) is 6.54 Å². The van der Waals surface area contributed by atoms with Crippen LogP contribution in [0.4, 0.5) is 10.5 Å². The first kappa shape index (κ1) is 29.6. The first-order chi connectivity index (χ1) is 16.8. The fourth-order valence-corrected chi connectivity index (χ4v) is 4.03. The minimum Gasteiger partial charge on any atom is -0.478 e. The van der Waals surface area contributed by atoms with Gasteiger partial charge in [0, 0.05) is 22.8 Å². The summed E-state index contributed by atoms with van der Waals surface area (Å²) in [6, 6.07) is 24.0. The standard InChI is InChI=1S/C28H32ClN3O3.HI/c1-28(17-16-21-10-14-24(29)15-11-21,20-22-8-12-23(13-9-22)26(33)34)31-19-5-18-30-27(35)32-25-6-3-2-4-7-25;/h2-4,6-15,31H,5,16-20H2,1H3,(H,33,34)(H2,30,32,35);1H. The zero-order chi connectivity index (χ0) is 25.1. The lowest BCUT2D eigenvalue weighted by atomic mass is 9.86. The fourth-order valence-electron chi connectivity index (χ4n) is 3.90. The molecule has 36 heavy (non-hydrogen) atoms. The van der Waals surface area contributed by atoms with Crippen LogP contribution in [0.5, 0.6) is 0 Å². The number of carboxylic acid groups (broad SMARTS) is 1. The Balaban J connectivity index is 0.00000456. The van der Waals surface area contributed by atoms with Crippen LogP contribution in [-0.2, 0) is 12.8 Å². The van der Waals surface area contributed by atoms with E-state index in [0.717, 1.165) is 48.5 Å². The number of carbonyl (C=O) groups excluding carboxylic acids is 1. The summed E-state index contributed by atoms with van der Waals surface area (Å²) >= 11 is 6.02. The maximum absolute atomic E-state index is 12.1. The van der Waals surface area contributed by atoms with Crippen LogP contribution in [0.3, 0.4) is 0 Å². The number of rotatable bonds is 12. The second-order valence-corrected chi connectivity index (χ2v) is 9.33. The number of amides is 2. The Hall–Kier alpha value is -2.62. The van der Waals surface area contributed by atoms with Gasteiger partial charge in [-0.25, -0.2) is 9.59 Å². The molecule has 6 nitrogen and oxygen atoms in total. The van der Waals surface area contributed by atoms with Crippen molar-refractivity contribution in [2.45, 2.75) is 38.1 Å². The SMILES string of the molecule is CC(CCc1ccc(Cl)cc1)(Cc1ccc(C(=O)O)cc1)NCCCNC(=O)Nc1ccccc1.I. The molecule has 0 heterocycles. The van der Waals surface area contributed by atoms with Crippen molar-refractivity contribution in [3.05, 3.63) is 101 Å². The molecule has 3 aromatic rings. The van der Waals surface area contributed by atoms with E-state index in [-0.39, 0.29) is 41.1 Å². The predicted octanol–water partition coefficient (Wildman–Crippen LogP) is 6.39. The van der Waals surface area contributed by atoms with Crippen LogP contribution in [0.15, 0.2) is 78.9 Å². The maximum atomic E-state index is 12.1. The third-order valence-electron chi connectivity index (χ3n) is 5.90. The van der Waals surface area contributed by atoms with Crippen molar-refractivity contribution in [3.63, 3.8) is 0 Å². The molecule has 3 aromatic carbocycles. The van der Waals surface area contributed by atoms with E-state index in [1.807, 2.05) is 66.7 Å². The Morgan fingerprint density at radius 3 is 2.17 bits per heavy atom. The molecule has 8 heteroatoms. The zero-order valence-electron chi connectivity index (χ0n) is 20.3. The fraction of sp³-hybridized carbons (Fsp3) is 0.286. The van der Waals surface area contributed by atoms with Crippen LogP contribution < -0.4 is 16.0 Å². The number of aromatic carboxylic acids is 1. The van der Waals surface area contributed by atoms with Crippen molar-refractivity contribution in [1.29, 1.82) is 0 Å². The number of para-hydroxylation sites is 1. The van der Waals surface area contributed by atoms with Crippen molar-refractivity contribution in [1.82, 2.24) is 10.6 Å². The molecular weight excluding hydrogens is 589 g/mol. The summed E-state index contributed by atoms with van der Waals surface area (Å²) in [7, 11) is 0. The van der Waals surface area contributed by atoms with Crippen molar-refractivity contribution in [2.24, 2.45) is 0 Å². The molecule has 192 valence electrons. The number of carboxylic acids is 1. The van der Waals surface area contributed by atoms with Gasteiger partial charge in [-0.15, -0.1) is 24.0 Å². The van der Waals surface area contributed by atoms with Crippen LogP contribution in [0.2, 0.25) is 5.02 Å². The van der Waals surface area contributed by atoms with Crippen molar-refractivity contribution >= 4 is 53.3 Å². The number of anilines is 1. The molecule has 0 saturated heterocycles. The summed E-state index contributed by atoms with van der Waals surface area (Å²) in [5, 5.41) is 19.3. The predicted molar refractivity (Wildman–Crippen MR) is 157 cm³/mol. The molecule has 4 N–H and O–H groups in total. The topological polar surface area (TPSA) is 90.5 Å². The highest BCUT2D eigenvalue weighted by atomic mass is 127. The summed E-state index contributed by atoms with van der Waals surface area (Å²) in [5.74, 6) is -0.927. The summed E-state index contributed by atoms with van der Waals surface area (Å²) in [6.45, 7) is 3.46. The number of hydrogen-bond acceptors (Lipinski definition) is 3. The monoisotopic (exact) mass is 621 g/mol. The van der Waals surface area contributed by atoms with Gasteiger partial charge in [-0.1, -0.05) is 54.1 Å². The highest BCUT2D eigenvalue weighted by Crippen LogP contribution is 2.21. The lowest BCUT2D eigenvalue weighted by molar-refractivity contribution is 0.0697. The number of urea groups is 1. The maximum Gasteiger partial charge on any atom is 0.335 e. The summed E-state index contributed by atoms with van der Waals surface area (Å²) in [4.78, 5) is 23.3. The molecule has 0 aliphatic heterocycles. The number of halogens is 2. The Morgan fingerprint density at radius 1 is 0.889 bits per heavy atom. The third kappa shape index (κ3) is 10.2.